The van der Waals surface area contributed by atoms with Crippen LogP contribution in [0.15, 0.2) is 60.7 Å². The van der Waals surface area contributed by atoms with Gasteiger partial charge < -0.3 is 20.3 Å². The van der Waals surface area contributed by atoms with Crippen LogP contribution in [-0.2, 0) is 11.2 Å². The molecule has 3 aromatic rings. The van der Waals surface area contributed by atoms with Crippen molar-refractivity contribution in [3.63, 3.8) is 0 Å². The lowest BCUT2D eigenvalue weighted by Crippen LogP contribution is -2.46. The second kappa shape index (κ2) is 11.8. The highest BCUT2D eigenvalue weighted by Gasteiger charge is 2.21. The molecule has 0 saturated carbocycles. The molecular formula is C30H36FNO4. The van der Waals surface area contributed by atoms with Crippen molar-refractivity contribution < 1.29 is 24.1 Å². The van der Waals surface area contributed by atoms with Crippen LogP contribution in [0, 0.1) is 19.7 Å². The van der Waals surface area contributed by atoms with E-state index in [0.717, 1.165) is 22.3 Å². The number of halogens is 1. The second-order valence-corrected chi connectivity index (χ2v) is 10.1. The van der Waals surface area contributed by atoms with Gasteiger partial charge in [0.2, 0.25) is 0 Å². The zero-order valence-corrected chi connectivity index (χ0v) is 21.6. The Kier molecular flexibility index (Phi) is 9.01. The van der Waals surface area contributed by atoms with Crippen molar-refractivity contribution in [1.82, 2.24) is 5.32 Å². The van der Waals surface area contributed by atoms with Gasteiger partial charge in [0, 0.05) is 12.1 Å². The summed E-state index contributed by atoms with van der Waals surface area (Å²) in [5.74, 6) is -1.17. The van der Waals surface area contributed by atoms with Crippen LogP contribution in [0.1, 0.15) is 59.5 Å². The number of aliphatic hydroxyl groups excluding tert-OH is 1. The maximum atomic E-state index is 13.9. The average Bonchev–Trinajstić information content (AvgIpc) is 2.83. The monoisotopic (exact) mass is 493 g/mol. The number of carboxylic acids is 1. The van der Waals surface area contributed by atoms with Crippen LogP contribution in [0.25, 0.3) is 11.1 Å². The van der Waals surface area contributed by atoms with E-state index in [-0.39, 0.29) is 29.6 Å². The van der Waals surface area contributed by atoms with Crippen LogP contribution in [0.3, 0.4) is 0 Å². The van der Waals surface area contributed by atoms with E-state index in [1.54, 1.807) is 32.0 Å². The number of β-amino-alcohol motifs (C(OH)–C–C–N with tert-alkyl or cyclic N) is 1. The molecule has 0 radical (unpaired) electrons. The number of benzene rings is 3. The summed E-state index contributed by atoms with van der Waals surface area (Å²) in [6.45, 7) is 9.93. The van der Waals surface area contributed by atoms with Gasteiger partial charge >= 0.3 is 5.97 Å². The first-order chi connectivity index (χ1) is 17.0. The first kappa shape index (κ1) is 27.5. The van der Waals surface area contributed by atoms with E-state index >= 15 is 0 Å². The first-order valence-electron chi connectivity index (χ1n) is 12.2. The van der Waals surface area contributed by atoms with Crippen molar-refractivity contribution in [2.75, 3.05) is 13.2 Å². The molecular weight excluding hydrogens is 457 g/mol. The van der Waals surface area contributed by atoms with Gasteiger partial charge in [0.25, 0.3) is 0 Å². The number of aliphatic hydroxyl groups is 1. The van der Waals surface area contributed by atoms with Crippen LogP contribution in [0.2, 0.25) is 0 Å². The fourth-order valence-corrected chi connectivity index (χ4v) is 4.25. The van der Waals surface area contributed by atoms with E-state index < -0.39 is 12.1 Å². The molecule has 3 aromatic carbocycles. The summed E-state index contributed by atoms with van der Waals surface area (Å²) >= 11 is 0. The van der Waals surface area contributed by atoms with Crippen molar-refractivity contribution in [2.45, 2.75) is 58.8 Å². The minimum Gasteiger partial charge on any atom is -0.478 e. The van der Waals surface area contributed by atoms with Gasteiger partial charge in [-0.2, -0.15) is 0 Å². The maximum Gasteiger partial charge on any atom is 0.335 e. The molecule has 0 unspecified atom stereocenters. The number of aryl methyl sites for hydroxylation is 2. The molecule has 36 heavy (non-hydrogen) atoms. The van der Waals surface area contributed by atoms with Gasteiger partial charge in [0.1, 0.15) is 5.82 Å². The highest BCUT2D eigenvalue weighted by Crippen LogP contribution is 2.31. The molecule has 6 heteroatoms. The summed E-state index contributed by atoms with van der Waals surface area (Å²) in [5, 5.41) is 23.4. The number of hydrogen-bond acceptors (Lipinski definition) is 4. The number of ether oxygens (including phenoxy) is 1. The number of rotatable bonds is 11. The van der Waals surface area contributed by atoms with E-state index in [4.69, 9.17) is 4.74 Å². The SMILES string of the molecule is Cc1ccc(CC(C)(C)NC[C@@H](O)CO[C@H](C)c2ccccc2-c2ccc(C)c(C(=O)O)c2)cc1F. The standard InChI is InChI=1S/C30H36FNO4/c1-19-11-13-23(15-27(19)29(34)35)26-9-7-6-8-25(26)21(3)36-18-24(33)17-32-30(4,5)16-22-12-10-20(2)28(31)14-22/h6-15,21,24,32-33H,16-18H2,1-5H3,(H,34,35)/t21-,24-/m1/s1. The van der Waals surface area contributed by atoms with Crippen molar-refractivity contribution >= 4 is 5.97 Å². The lowest BCUT2D eigenvalue weighted by atomic mass is 9.94. The molecule has 0 aliphatic heterocycles. The Morgan fingerprint density at radius 2 is 1.75 bits per heavy atom. The zero-order valence-electron chi connectivity index (χ0n) is 21.6. The predicted octanol–water partition coefficient (Wildman–Crippen LogP) is 5.86. The molecule has 0 aliphatic carbocycles. The number of nitrogens with one attached hydrogen (secondary N) is 1. The molecule has 0 fully saturated rings. The molecule has 0 aromatic heterocycles. The molecule has 0 heterocycles. The number of hydrogen-bond donors (Lipinski definition) is 3. The maximum absolute atomic E-state index is 13.9. The molecule has 0 amide bonds. The quantitative estimate of drug-likeness (QED) is 0.312. The predicted molar refractivity (Wildman–Crippen MR) is 141 cm³/mol. The molecule has 0 bridgehead atoms. The van der Waals surface area contributed by atoms with Gasteiger partial charge in [-0.15, -0.1) is 0 Å². The van der Waals surface area contributed by atoms with Crippen molar-refractivity contribution in [2.24, 2.45) is 0 Å². The molecule has 3 rings (SSSR count). The van der Waals surface area contributed by atoms with Gasteiger partial charge in [-0.25, -0.2) is 9.18 Å². The third-order valence-electron chi connectivity index (χ3n) is 6.41. The van der Waals surface area contributed by atoms with Crippen LogP contribution < -0.4 is 5.32 Å². The van der Waals surface area contributed by atoms with Gasteiger partial charge in [-0.3, -0.25) is 0 Å². The number of carboxylic acid groups (broad SMARTS) is 1. The molecule has 192 valence electrons. The Balaban J connectivity index is 1.60. The first-order valence-corrected chi connectivity index (χ1v) is 12.2. The van der Waals surface area contributed by atoms with Crippen molar-refractivity contribution in [3.8, 4) is 11.1 Å². The van der Waals surface area contributed by atoms with Crippen molar-refractivity contribution in [1.29, 1.82) is 0 Å². The van der Waals surface area contributed by atoms with E-state index in [0.29, 0.717) is 24.1 Å². The van der Waals surface area contributed by atoms with E-state index in [9.17, 15) is 19.4 Å². The normalized spacial score (nSPS) is 13.4. The number of aromatic carboxylic acids is 1. The summed E-state index contributed by atoms with van der Waals surface area (Å²) in [6, 6.07) is 18.4. The van der Waals surface area contributed by atoms with Gasteiger partial charge in [-0.05, 0) is 86.6 Å². The van der Waals surface area contributed by atoms with Gasteiger partial charge in [-0.1, -0.05) is 48.5 Å². The topological polar surface area (TPSA) is 78.8 Å². The Bertz CT molecular complexity index is 1210. The fraction of sp³-hybridized carbons (Fsp3) is 0.367. The van der Waals surface area contributed by atoms with Crippen LogP contribution in [-0.4, -0.2) is 41.0 Å². The highest BCUT2D eigenvalue weighted by atomic mass is 19.1. The summed E-state index contributed by atoms with van der Waals surface area (Å²) in [7, 11) is 0. The summed E-state index contributed by atoms with van der Waals surface area (Å²) < 4.78 is 19.9. The van der Waals surface area contributed by atoms with Gasteiger partial charge in [0.15, 0.2) is 0 Å². The highest BCUT2D eigenvalue weighted by molar-refractivity contribution is 5.91. The Labute approximate surface area is 213 Å². The lowest BCUT2D eigenvalue weighted by Gasteiger charge is -2.28. The van der Waals surface area contributed by atoms with E-state index in [1.165, 1.54) is 0 Å². The molecule has 0 aliphatic rings. The minimum atomic E-state index is -0.956. The van der Waals surface area contributed by atoms with Gasteiger partial charge in [0.05, 0.1) is 24.4 Å². The Morgan fingerprint density at radius 1 is 1.06 bits per heavy atom. The molecule has 0 spiro atoms. The summed E-state index contributed by atoms with van der Waals surface area (Å²) in [5.41, 5.74) is 4.78. The van der Waals surface area contributed by atoms with E-state index in [2.05, 4.69) is 5.32 Å². The second-order valence-electron chi connectivity index (χ2n) is 10.1. The fourth-order valence-electron chi connectivity index (χ4n) is 4.25. The number of carbonyl (C=O) groups is 1. The Hall–Kier alpha value is -3.06. The van der Waals surface area contributed by atoms with Crippen LogP contribution in [0.4, 0.5) is 4.39 Å². The minimum absolute atomic E-state index is 0.131. The largest absolute Gasteiger partial charge is 0.478 e. The van der Waals surface area contributed by atoms with Crippen LogP contribution >= 0.6 is 0 Å². The average molecular weight is 494 g/mol. The Morgan fingerprint density at radius 3 is 2.44 bits per heavy atom. The molecule has 3 N–H and O–H groups in total. The van der Waals surface area contributed by atoms with Crippen molar-refractivity contribution in [3.05, 3.63) is 94.3 Å². The molecule has 2 atom stereocenters. The van der Waals surface area contributed by atoms with E-state index in [1.807, 2.05) is 63.2 Å². The molecule has 5 nitrogen and oxygen atoms in total. The summed E-state index contributed by atoms with van der Waals surface area (Å²) in [4.78, 5) is 11.6. The lowest BCUT2D eigenvalue weighted by molar-refractivity contribution is -0.00397. The summed E-state index contributed by atoms with van der Waals surface area (Å²) in [6.07, 6.45) is -0.420. The zero-order chi connectivity index (χ0) is 26.5. The third-order valence-corrected chi connectivity index (χ3v) is 6.41. The van der Waals surface area contributed by atoms with Crippen LogP contribution in [0.5, 0.6) is 0 Å². The smallest absolute Gasteiger partial charge is 0.335 e. The third kappa shape index (κ3) is 7.23. The molecule has 0 saturated heterocycles.